The fraction of sp³-hybridized carbons (Fsp3) is 0.375. The van der Waals surface area contributed by atoms with Crippen LogP contribution >= 0.6 is 35.3 Å². The molecule has 0 aliphatic rings. The van der Waals surface area contributed by atoms with Crippen LogP contribution in [0.4, 0.5) is 0 Å². The Kier molecular flexibility index (Phi) is 8.93. The summed E-state index contributed by atoms with van der Waals surface area (Å²) in [7, 11) is 5.47. The Balaban J connectivity index is 0.00000264. The monoisotopic (exact) mass is 446 g/mol. The van der Waals surface area contributed by atoms with Crippen molar-refractivity contribution in [3.8, 4) is 5.88 Å². The standard InChI is InChI=1S/C16H22N4OS.HI/c1-17-16(20(2)10-8-14-7-5-11-22-14)19-12-13-6-4-9-18-15(13)21-3;/h4-7,9,11H,8,10,12H2,1-3H3,(H,17,19);1H. The van der Waals surface area contributed by atoms with Crippen LogP contribution in [0.2, 0.25) is 0 Å². The van der Waals surface area contributed by atoms with E-state index in [0.29, 0.717) is 12.4 Å². The Labute approximate surface area is 158 Å². The van der Waals surface area contributed by atoms with Crippen LogP contribution in [-0.4, -0.2) is 43.6 Å². The summed E-state index contributed by atoms with van der Waals surface area (Å²) >= 11 is 1.79. The van der Waals surface area contributed by atoms with Gasteiger partial charge in [0.2, 0.25) is 5.88 Å². The highest BCUT2D eigenvalue weighted by Crippen LogP contribution is 2.13. The lowest BCUT2D eigenvalue weighted by atomic mass is 10.2. The van der Waals surface area contributed by atoms with Gasteiger partial charge in [0.25, 0.3) is 0 Å². The summed E-state index contributed by atoms with van der Waals surface area (Å²) in [6.45, 7) is 1.55. The van der Waals surface area contributed by atoms with Crippen molar-refractivity contribution in [1.29, 1.82) is 0 Å². The van der Waals surface area contributed by atoms with Crippen molar-refractivity contribution in [1.82, 2.24) is 15.2 Å². The highest BCUT2D eigenvalue weighted by molar-refractivity contribution is 14.0. The predicted molar refractivity (Wildman–Crippen MR) is 107 cm³/mol. The zero-order valence-electron chi connectivity index (χ0n) is 13.7. The predicted octanol–water partition coefficient (Wildman–Crippen LogP) is 3.02. The maximum atomic E-state index is 5.26. The maximum Gasteiger partial charge on any atom is 0.218 e. The SMILES string of the molecule is CN=C(NCc1cccnc1OC)N(C)CCc1cccs1.I. The molecular weight excluding hydrogens is 423 g/mol. The number of hydrogen-bond donors (Lipinski definition) is 1. The van der Waals surface area contributed by atoms with Gasteiger partial charge in [-0.3, -0.25) is 4.99 Å². The van der Waals surface area contributed by atoms with Crippen LogP contribution in [0, 0.1) is 0 Å². The van der Waals surface area contributed by atoms with Crippen LogP contribution in [0.3, 0.4) is 0 Å². The van der Waals surface area contributed by atoms with E-state index >= 15 is 0 Å². The molecule has 7 heteroatoms. The highest BCUT2D eigenvalue weighted by Gasteiger charge is 2.08. The average molecular weight is 446 g/mol. The van der Waals surface area contributed by atoms with Crippen molar-refractivity contribution in [2.45, 2.75) is 13.0 Å². The lowest BCUT2D eigenvalue weighted by molar-refractivity contribution is 0.391. The first-order valence-electron chi connectivity index (χ1n) is 7.16. The molecule has 2 aromatic rings. The second-order valence-corrected chi connectivity index (χ2v) is 5.86. The van der Waals surface area contributed by atoms with Gasteiger partial charge in [-0.05, 0) is 23.9 Å². The Morgan fingerprint density at radius 1 is 1.39 bits per heavy atom. The molecule has 2 heterocycles. The zero-order valence-corrected chi connectivity index (χ0v) is 16.8. The topological polar surface area (TPSA) is 49.8 Å². The second-order valence-electron chi connectivity index (χ2n) is 4.82. The van der Waals surface area contributed by atoms with Gasteiger partial charge >= 0.3 is 0 Å². The molecule has 23 heavy (non-hydrogen) atoms. The van der Waals surface area contributed by atoms with Crippen molar-refractivity contribution < 1.29 is 4.74 Å². The molecule has 0 unspecified atom stereocenters. The molecule has 0 saturated carbocycles. The first kappa shape index (κ1) is 19.7. The molecule has 0 saturated heterocycles. The van der Waals surface area contributed by atoms with Crippen molar-refractivity contribution >= 4 is 41.3 Å². The first-order chi connectivity index (χ1) is 10.7. The molecule has 0 atom stereocenters. The van der Waals surface area contributed by atoms with Gasteiger partial charge in [-0.1, -0.05) is 12.1 Å². The molecule has 126 valence electrons. The number of halogens is 1. The molecule has 5 nitrogen and oxygen atoms in total. The summed E-state index contributed by atoms with van der Waals surface area (Å²) in [4.78, 5) is 12.0. The summed E-state index contributed by atoms with van der Waals surface area (Å²) < 4.78 is 5.26. The Morgan fingerprint density at radius 3 is 2.87 bits per heavy atom. The van der Waals surface area contributed by atoms with Crippen LogP contribution in [-0.2, 0) is 13.0 Å². The number of guanidine groups is 1. The smallest absolute Gasteiger partial charge is 0.218 e. The van der Waals surface area contributed by atoms with Gasteiger partial charge in [0.15, 0.2) is 5.96 Å². The van der Waals surface area contributed by atoms with E-state index in [4.69, 9.17) is 4.74 Å². The molecule has 0 aliphatic carbocycles. The number of ether oxygens (including phenoxy) is 1. The number of nitrogens with zero attached hydrogens (tertiary/aromatic N) is 3. The number of methoxy groups -OCH3 is 1. The van der Waals surface area contributed by atoms with Gasteiger partial charge < -0.3 is 15.0 Å². The van der Waals surface area contributed by atoms with E-state index in [2.05, 4.69) is 37.7 Å². The van der Waals surface area contributed by atoms with Crippen molar-refractivity contribution in [3.63, 3.8) is 0 Å². The Morgan fingerprint density at radius 2 is 2.22 bits per heavy atom. The average Bonchev–Trinajstić information content (AvgIpc) is 3.07. The number of hydrogen-bond acceptors (Lipinski definition) is 4. The van der Waals surface area contributed by atoms with Crippen LogP contribution in [0.1, 0.15) is 10.4 Å². The van der Waals surface area contributed by atoms with Crippen LogP contribution in [0.15, 0.2) is 40.8 Å². The molecule has 0 fully saturated rings. The maximum absolute atomic E-state index is 5.26. The number of aromatic nitrogens is 1. The molecule has 0 amide bonds. The summed E-state index contributed by atoms with van der Waals surface area (Å²) in [5.74, 6) is 1.51. The second kappa shape index (κ2) is 10.4. The Bertz CT molecular complexity index is 604. The van der Waals surface area contributed by atoms with Crippen molar-refractivity contribution in [2.75, 3.05) is 27.7 Å². The number of aliphatic imine (C=N–C) groups is 1. The van der Waals surface area contributed by atoms with E-state index in [9.17, 15) is 0 Å². The minimum atomic E-state index is 0. The molecule has 0 aliphatic heterocycles. The van der Waals surface area contributed by atoms with Crippen LogP contribution in [0.5, 0.6) is 5.88 Å². The highest BCUT2D eigenvalue weighted by atomic mass is 127. The molecule has 2 rings (SSSR count). The van der Waals surface area contributed by atoms with Gasteiger partial charge in [-0.25, -0.2) is 4.98 Å². The van der Waals surface area contributed by atoms with Gasteiger partial charge in [-0.2, -0.15) is 0 Å². The van der Waals surface area contributed by atoms with Crippen molar-refractivity contribution in [3.05, 3.63) is 46.3 Å². The summed E-state index contributed by atoms with van der Waals surface area (Å²) in [6, 6.07) is 8.15. The molecule has 0 radical (unpaired) electrons. The Hall–Kier alpha value is -1.35. The third kappa shape index (κ3) is 5.98. The van der Waals surface area contributed by atoms with E-state index in [1.165, 1.54) is 4.88 Å². The first-order valence-corrected chi connectivity index (χ1v) is 8.04. The van der Waals surface area contributed by atoms with E-state index in [0.717, 1.165) is 24.5 Å². The molecule has 0 spiro atoms. The molecule has 2 aromatic heterocycles. The van der Waals surface area contributed by atoms with Gasteiger partial charge in [0.1, 0.15) is 0 Å². The lowest BCUT2D eigenvalue weighted by Gasteiger charge is -2.22. The van der Waals surface area contributed by atoms with Gasteiger partial charge in [-0.15, -0.1) is 35.3 Å². The number of likely N-dealkylation sites (N-methyl/N-ethyl adjacent to an activating group) is 1. The molecule has 1 N–H and O–H groups in total. The summed E-state index contributed by atoms with van der Waals surface area (Å²) in [6.07, 6.45) is 2.75. The minimum Gasteiger partial charge on any atom is -0.481 e. The number of thiophene rings is 1. The van der Waals surface area contributed by atoms with Crippen LogP contribution in [0.25, 0.3) is 0 Å². The number of pyridine rings is 1. The minimum absolute atomic E-state index is 0. The summed E-state index contributed by atoms with van der Waals surface area (Å²) in [5.41, 5.74) is 1.01. The molecular formula is C16H23IN4OS. The molecule has 0 aromatic carbocycles. The van der Waals surface area contributed by atoms with E-state index < -0.39 is 0 Å². The van der Waals surface area contributed by atoms with Crippen LogP contribution < -0.4 is 10.1 Å². The third-order valence-corrected chi connectivity index (χ3v) is 4.26. The largest absolute Gasteiger partial charge is 0.481 e. The quantitative estimate of drug-likeness (QED) is 0.421. The fourth-order valence-electron chi connectivity index (χ4n) is 2.14. The van der Waals surface area contributed by atoms with E-state index in [-0.39, 0.29) is 24.0 Å². The van der Waals surface area contributed by atoms with E-state index in [1.807, 2.05) is 19.2 Å². The number of nitrogens with one attached hydrogen (secondary N) is 1. The molecule has 0 bridgehead atoms. The van der Waals surface area contributed by atoms with E-state index in [1.54, 1.807) is 31.7 Å². The number of rotatable bonds is 6. The summed E-state index contributed by atoms with van der Waals surface area (Å²) in [5, 5.41) is 5.46. The fourth-order valence-corrected chi connectivity index (χ4v) is 2.84. The zero-order chi connectivity index (χ0) is 15.8. The third-order valence-electron chi connectivity index (χ3n) is 3.33. The van der Waals surface area contributed by atoms with Gasteiger partial charge in [0, 0.05) is 43.8 Å². The van der Waals surface area contributed by atoms with Crippen molar-refractivity contribution in [2.24, 2.45) is 4.99 Å². The van der Waals surface area contributed by atoms with Gasteiger partial charge in [0.05, 0.1) is 7.11 Å². The normalized spacial score (nSPS) is 10.8. The lowest BCUT2D eigenvalue weighted by Crippen LogP contribution is -2.39.